The van der Waals surface area contributed by atoms with Crippen molar-refractivity contribution in [2.24, 2.45) is 0 Å². The highest BCUT2D eigenvalue weighted by atomic mass is 19.1. The number of amides is 1. The van der Waals surface area contributed by atoms with Gasteiger partial charge in [-0.2, -0.15) is 0 Å². The molecular formula is C30H33FN2O3. The van der Waals surface area contributed by atoms with Crippen molar-refractivity contribution in [3.8, 4) is 11.5 Å². The number of benzene rings is 3. The Morgan fingerprint density at radius 1 is 0.806 bits per heavy atom. The maximum Gasteiger partial charge on any atom is 0.275 e. The molecule has 1 aliphatic rings. The highest BCUT2D eigenvalue weighted by Crippen LogP contribution is 2.37. The number of unbranched alkanes of at least 4 members (excludes halogenated alkanes) is 2. The fourth-order valence-corrected chi connectivity index (χ4v) is 4.00. The fraction of sp³-hybridized carbons (Fsp3) is 0.300. The summed E-state index contributed by atoms with van der Waals surface area (Å²) >= 11 is 0. The van der Waals surface area contributed by atoms with Crippen LogP contribution >= 0.6 is 0 Å². The van der Waals surface area contributed by atoms with Gasteiger partial charge in [-0.15, -0.1) is 0 Å². The number of rotatable bonds is 12. The first-order valence-corrected chi connectivity index (χ1v) is 12.6. The van der Waals surface area contributed by atoms with E-state index in [0.29, 0.717) is 18.9 Å². The summed E-state index contributed by atoms with van der Waals surface area (Å²) in [4.78, 5) is 15.3. The average molecular weight is 489 g/mol. The highest BCUT2D eigenvalue weighted by molar-refractivity contribution is 6.11. The van der Waals surface area contributed by atoms with Crippen LogP contribution in [0.25, 0.3) is 0 Å². The van der Waals surface area contributed by atoms with E-state index < -0.39 is 0 Å². The minimum Gasteiger partial charge on any atom is -0.494 e. The minimum atomic E-state index is -0.371. The molecule has 0 bridgehead atoms. The summed E-state index contributed by atoms with van der Waals surface area (Å²) in [7, 11) is 0. The van der Waals surface area contributed by atoms with Gasteiger partial charge < -0.3 is 14.8 Å². The molecule has 1 atom stereocenters. The van der Waals surface area contributed by atoms with Crippen LogP contribution in [0.15, 0.2) is 84.6 Å². The fourth-order valence-electron chi connectivity index (χ4n) is 4.00. The normalized spacial score (nSPS) is 15.1. The van der Waals surface area contributed by atoms with Crippen molar-refractivity contribution in [3.63, 3.8) is 0 Å². The molecule has 1 aliphatic heterocycles. The summed E-state index contributed by atoms with van der Waals surface area (Å²) in [5, 5.41) is 3.26. The molecule has 5 nitrogen and oxygen atoms in total. The third-order valence-corrected chi connectivity index (χ3v) is 6.04. The largest absolute Gasteiger partial charge is 0.494 e. The molecule has 0 saturated carbocycles. The molecule has 0 radical (unpaired) electrons. The first kappa shape index (κ1) is 25.3. The maximum absolute atomic E-state index is 13.6. The summed E-state index contributed by atoms with van der Waals surface area (Å²) in [5.74, 6) is 1.09. The van der Waals surface area contributed by atoms with Gasteiger partial charge >= 0.3 is 0 Å². The van der Waals surface area contributed by atoms with E-state index in [4.69, 9.17) is 9.47 Å². The third kappa shape index (κ3) is 6.25. The third-order valence-electron chi connectivity index (χ3n) is 6.04. The number of nitrogens with zero attached hydrogens (tertiary/aromatic N) is 1. The molecule has 1 amide bonds. The van der Waals surface area contributed by atoms with Crippen LogP contribution < -0.4 is 19.7 Å². The average Bonchev–Trinajstić information content (AvgIpc) is 3.22. The number of ether oxygens (including phenoxy) is 2. The number of carbonyl (C=O) groups excluding carboxylic acids is 1. The van der Waals surface area contributed by atoms with Crippen LogP contribution in [0.1, 0.15) is 51.1 Å². The number of halogens is 1. The topological polar surface area (TPSA) is 50.8 Å². The molecule has 0 spiro atoms. The van der Waals surface area contributed by atoms with Crippen molar-refractivity contribution in [1.29, 1.82) is 0 Å². The summed E-state index contributed by atoms with van der Waals surface area (Å²) in [6, 6.07) is 21.0. The van der Waals surface area contributed by atoms with Gasteiger partial charge in [-0.05, 0) is 85.1 Å². The van der Waals surface area contributed by atoms with E-state index in [1.165, 1.54) is 12.1 Å². The summed E-state index contributed by atoms with van der Waals surface area (Å²) in [6.45, 7) is 5.59. The second kappa shape index (κ2) is 12.2. The Morgan fingerprint density at radius 3 is 1.92 bits per heavy atom. The van der Waals surface area contributed by atoms with Crippen LogP contribution in [0.4, 0.5) is 15.8 Å². The Labute approximate surface area is 212 Å². The molecule has 188 valence electrons. The molecule has 6 heteroatoms. The van der Waals surface area contributed by atoms with E-state index in [1.54, 1.807) is 17.0 Å². The van der Waals surface area contributed by atoms with Gasteiger partial charge in [0.05, 0.1) is 19.3 Å². The molecule has 1 heterocycles. The molecule has 36 heavy (non-hydrogen) atoms. The molecule has 0 fully saturated rings. The molecule has 4 rings (SSSR count). The molecular weight excluding hydrogens is 455 g/mol. The zero-order valence-electron chi connectivity index (χ0n) is 20.9. The lowest BCUT2D eigenvalue weighted by molar-refractivity contribution is -0.114. The van der Waals surface area contributed by atoms with Gasteiger partial charge in [0, 0.05) is 11.4 Å². The molecule has 3 aromatic carbocycles. The van der Waals surface area contributed by atoms with Crippen LogP contribution in [-0.2, 0) is 4.79 Å². The quantitative estimate of drug-likeness (QED) is 0.273. The van der Waals surface area contributed by atoms with Gasteiger partial charge in [-0.1, -0.05) is 38.8 Å². The Balaban J connectivity index is 1.54. The minimum absolute atomic E-state index is 0.160. The molecule has 1 N–H and O–H groups in total. The summed E-state index contributed by atoms with van der Waals surface area (Å²) in [6.07, 6.45) is 6.02. The number of hydrogen-bond donors (Lipinski definition) is 1. The first-order chi connectivity index (χ1) is 17.6. The SMILES string of the molecule is CCCCOc1ccc(NC2=C[C@@H](c3ccc(F)cc3)N(c3ccc(OCCCC)cc3)C2=O)cc1. The van der Waals surface area contributed by atoms with Crippen molar-refractivity contribution < 1.29 is 18.7 Å². The Morgan fingerprint density at radius 2 is 1.36 bits per heavy atom. The highest BCUT2D eigenvalue weighted by Gasteiger charge is 2.34. The van der Waals surface area contributed by atoms with Crippen LogP contribution in [0.5, 0.6) is 11.5 Å². The van der Waals surface area contributed by atoms with Crippen molar-refractivity contribution in [2.75, 3.05) is 23.4 Å². The molecule has 3 aromatic rings. The Hall–Kier alpha value is -3.80. The standard InChI is InChI=1S/C30H33FN2O3/c1-3-5-19-35-26-15-11-24(12-16-26)32-28-21-29(22-7-9-23(31)10-8-22)33(30(28)34)25-13-17-27(18-14-25)36-20-6-4-2/h7-18,21,29,32H,3-6,19-20H2,1-2H3/t29-/m0/s1. The van der Waals surface area contributed by atoms with Crippen molar-refractivity contribution in [3.05, 3.63) is 96.0 Å². The van der Waals surface area contributed by atoms with Crippen molar-refractivity contribution >= 4 is 17.3 Å². The Bertz CT molecular complexity index is 1160. The number of anilines is 2. The summed E-state index contributed by atoms with van der Waals surface area (Å²) in [5.41, 5.74) is 2.82. The lowest BCUT2D eigenvalue weighted by Gasteiger charge is -2.25. The van der Waals surface area contributed by atoms with Gasteiger partial charge in [-0.3, -0.25) is 9.69 Å². The van der Waals surface area contributed by atoms with Crippen LogP contribution in [0.2, 0.25) is 0 Å². The van der Waals surface area contributed by atoms with Gasteiger partial charge in [-0.25, -0.2) is 4.39 Å². The first-order valence-electron chi connectivity index (χ1n) is 12.6. The molecule has 0 unspecified atom stereocenters. The van der Waals surface area contributed by atoms with Crippen LogP contribution in [0.3, 0.4) is 0 Å². The number of nitrogens with one attached hydrogen (secondary N) is 1. The molecule has 0 aliphatic carbocycles. The van der Waals surface area contributed by atoms with E-state index in [2.05, 4.69) is 19.2 Å². The van der Waals surface area contributed by atoms with E-state index >= 15 is 0 Å². The van der Waals surface area contributed by atoms with Crippen LogP contribution in [0, 0.1) is 5.82 Å². The van der Waals surface area contributed by atoms with Gasteiger partial charge in [0.25, 0.3) is 5.91 Å². The smallest absolute Gasteiger partial charge is 0.275 e. The zero-order valence-corrected chi connectivity index (χ0v) is 20.9. The van der Waals surface area contributed by atoms with E-state index in [0.717, 1.165) is 54.1 Å². The summed E-state index contributed by atoms with van der Waals surface area (Å²) < 4.78 is 25.1. The van der Waals surface area contributed by atoms with Crippen molar-refractivity contribution in [2.45, 2.75) is 45.6 Å². The predicted molar refractivity (Wildman–Crippen MR) is 142 cm³/mol. The second-order valence-corrected chi connectivity index (χ2v) is 8.80. The van der Waals surface area contributed by atoms with Crippen LogP contribution in [-0.4, -0.2) is 19.1 Å². The van der Waals surface area contributed by atoms with Gasteiger partial charge in [0.1, 0.15) is 23.0 Å². The Kier molecular flexibility index (Phi) is 8.61. The lowest BCUT2D eigenvalue weighted by atomic mass is 10.1. The van der Waals surface area contributed by atoms with Gasteiger partial charge in [0.15, 0.2) is 0 Å². The zero-order chi connectivity index (χ0) is 25.3. The van der Waals surface area contributed by atoms with E-state index in [1.807, 2.05) is 54.6 Å². The van der Waals surface area contributed by atoms with Crippen molar-refractivity contribution in [1.82, 2.24) is 0 Å². The molecule has 0 saturated heterocycles. The molecule has 0 aromatic heterocycles. The van der Waals surface area contributed by atoms with Gasteiger partial charge in [0.2, 0.25) is 0 Å². The maximum atomic E-state index is 13.6. The monoisotopic (exact) mass is 488 g/mol. The van der Waals surface area contributed by atoms with E-state index in [9.17, 15) is 9.18 Å². The lowest BCUT2D eigenvalue weighted by Crippen LogP contribution is -2.30. The number of hydrogen-bond acceptors (Lipinski definition) is 4. The predicted octanol–water partition coefficient (Wildman–Crippen LogP) is 7.27. The number of carbonyl (C=O) groups is 1. The van der Waals surface area contributed by atoms with E-state index in [-0.39, 0.29) is 17.8 Å². The second-order valence-electron chi connectivity index (χ2n) is 8.80.